The van der Waals surface area contributed by atoms with Crippen LogP contribution in [0.4, 0.5) is 11.4 Å². The molecule has 2 atom stereocenters. The molecule has 0 unspecified atom stereocenters. The Morgan fingerprint density at radius 3 is 2.39 bits per heavy atom. The number of para-hydroxylation sites is 2. The summed E-state index contributed by atoms with van der Waals surface area (Å²) in [4.78, 5) is 19.2. The zero-order valence-electron chi connectivity index (χ0n) is 18.9. The second-order valence-corrected chi connectivity index (χ2v) is 9.34. The van der Waals surface area contributed by atoms with Crippen LogP contribution in [-0.4, -0.2) is 42.2 Å². The molecule has 1 amide bonds. The molecule has 0 aliphatic carbocycles. The topological polar surface area (TPSA) is 39.2 Å². The smallest absolute Gasteiger partial charge is 0.261 e. The predicted molar refractivity (Wildman–Crippen MR) is 132 cm³/mol. The molecule has 33 heavy (non-hydrogen) atoms. The van der Waals surface area contributed by atoms with E-state index in [2.05, 4.69) is 64.4 Å². The van der Waals surface area contributed by atoms with Crippen molar-refractivity contribution in [1.29, 1.82) is 0 Å². The third-order valence-electron chi connectivity index (χ3n) is 7.52. The fraction of sp³-hybridized carbons (Fsp3) is 0.286. The lowest BCUT2D eigenvalue weighted by molar-refractivity contribution is -0.125. The third-order valence-corrected chi connectivity index (χ3v) is 7.52. The fourth-order valence-corrected chi connectivity index (χ4v) is 5.85. The molecule has 3 aliphatic heterocycles. The van der Waals surface area contributed by atoms with Gasteiger partial charge in [0.1, 0.15) is 5.41 Å². The molecular formula is C28H28N4O. The monoisotopic (exact) mass is 436 g/mol. The van der Waals surface area contributed by atoms with Crippen LogP contribution >= 0.6 is 0 Å². The van der Waals surface area contributed by atoms with Crippen LogP contribution in [0, 0.1) is 5.41 Å². The minimum absolute atomic E-state index is 0.0508. The molecule has 5 nitrogen and oxygen atoms in total. The van der Waals surface area contributed by atoms with Gasteiger partial charge in [0.2, 0.25) is 0 Å². The first-order valence-electron chi connectivity index (χ1n) is 11.7. The maximum Gasteiger partial charge on any atom is 0.261 e. The minimum atomic E-state index is -0.653. The third kappa shape index (κ3) is 3.18. The number of hydrogen-bond donors (Lipinski definition) is 0. The van der Waals surface area contributed by atoms with E-state index in [0.717, 1.165) is 37.6 Å². The highest BCUT2D eigenvalue weighted by molar-refractivity contribution is 6.20. The number of carbonyl (C=O) groups is 1. The summed E-state index contributed by atoms with van der Waals surface area (Å²) in [6.07, 6.45) is 0.695. The average molecular weight is 437 g/mol. The first-order valence-corrected chi connectivity index (χ1v) is 11.7. The van der Waals surface area contributed by atoms with Crippen molar-refractivity contribution < 1.29 is 4.79 Å². The summed E-state index contributed by atoms with van der Waals surface area (Å²) in [5.41, 5.74) is 4.92. The van der Waals surface area contributed by atoms with Crippen molar-refractivity contribution in [3.8, 4) is 0 Å². The molecule has 3 aromatic carbocycles. The van der Waals surface area contributed by atoms with Crippen LogP contribution in [0.2, 0.25) is 0 Å². The van der Waals surface area contributed by atoms with Crippen LogP contribution < -0.4 is 9.91 Å². The second-order valence-electron chi connectivity index (χ2n) is 9.34. The summed E-state index contributed by atoms with van der Waals surface area (Å²) in [6.45, 7) is 5.66. The van der Waals surface area contributed by atoms with E-state index >= 15 is 0 Å². The van der Waals surface area contributed by atoms with Crippen LogP contribution in [-0.2, 0) is 17.8 Å². The number of hydrazone groups is 1. The van der Waals surface area contributed by atoms with Gasteiger partial charge in [-0.2, -0.15) is 10.1 Å². The quantitative estimate of drug-likeness (QED) is 0.613. The van der Waals surface area contributed by atoms with Crippen molar-refractivity contribution >= 4 is 23.0 Å². The molecule has 1 saturated heterocycles. The van der Waals surface area contributed by atoms with Crippen LogP contribution in [0.15, 0.2) is 90.0 Å². The van der Waals surface area contributed by atoms with E-state index in [1.165, 1.54) is 16.8 Å². The maximum atomic E-state index is 14.2. The Labute approximate surface area is 194 Å². The van der Waals surface area contributed by atoms with Crippen molar-refractivity contribution in [2.24, 2.45) is 10.5 Å². The van der Waals surface area contributed by atoms with Crippen molar-refractivity contribution in [1.82, 2.24) is 4.90 Å². The van der Waals surface area contributed by atoms with Crippen molar-refractivity contribution in [2.75, 3.05) is 29.5 Å². The summed E-state index contributed by atoms with van der Waals surface area (Å²) in [5, 5.41) is 6.48. The minimum Gasteiger partial charge on any atom is -0.364 e. The molecule has 0 aromatic heterocycles. The number of carbonyl (C=O) groups excluding carboxylic acids is 1. The first-order chi connectivity index (χ1) is 16.2. The molecule has 1 spiro atoms. The Morgan fingerprint density at radius 2 is 1.61 bits per heavy atom. The van der Waals surface area contributed by atoms with Gasteiger partial charge in [-0.15, -0.1) is 0 Å². The van der Waals surface area contributed by atoms with Gasteiger partial charge in [0.15, 0.2) is 0 Å². The molecule has 0 radical (unpaired) electrons. The van der Waals surface area contributed by atoms with E-state index in [1.54, 1.807) is 5.01 Å². The Balaban J connectivity index is 1.40. The number of anilines is 2. The summed E-state index contributed by atoms with van der Waals surface area (Å²) in [7, 11) is 0. The number of rotatable bonds is 3. The first kappa shape index (κ1) is 20.2. The van der Waals surface area contributed by atoms with Crippen LogP contribution in [0.5, 0.6) is 0 Å². The van der Waals surface area contributed by atoms with Crippen molar-refractivity contribution in [3.63, 3.8) is 0 Å². The molecule has 3 aromatic rings. The SMILES string of the molecule is CC1=NN(c2ccccc2)C(=O)[C@@]12Cc1ccccc1N1CCN(Cc3ccccc3)C[C@H]12. The molecule has 0 bridgehead atoms. The molecular weight excluding hydrogens is 408 g/mol. The van der Waals surface area contributed by atoms with Crippen LogP contribution in [0.25, 0.3) is 0 Å². The Kier molecular flexibility index (Phi) is 4.80. The van der Waals surface area contributed by atoms with Crippen molar-refractivity contribution in [2.45, 2.75) is 25.9 Å². The Hall–Kier alpha value is -3.44. The van der Waals surface area contributed by atoms with Crippen LogP contribution in [0.3, 0.4) is 0 Å². The zero-order valence-corrected chi connectivity index (χ0v) is 18.9. The zero-order chi connectivity index (χ0) is 22.4. The van der Waals surface area contributed by atoms with Gasteiger partial charge in [-0.05, 0) is 42.7 Å². The van der Waals surface area contributed by atoms with Crippen molar-refractivity contribution in [3.05, 3.63) is 96.1 Å². The standard InChI is InChI=1S/C28H28N4O/c1-21-28(27(33)32(29-21)24-13-6-3-7-14-24)18-23-12-8-9-15-25(23)31-17-16-30(20-26(28)31)19-22-10-4-2-5-11-22/h2-15,26H,16-20H2,1H3/t26-,28-/m0/s1. The molecule has 0 saturated carbocycles. The van der Waals surface area contributed by atoms with Crippen LogP contribution in [0.1, 0.15) is 18.1 Å². The number of piperazine rings is 1. The number of fused-ring (bicyclic) bond motifs is 4. The Morgan fingerprint density at radius 1 is 0.909 bits per heavy atom. The number of hydrogen-bond acceptors (Lipinski definition) is 4. The summed E-state index contributed by atoms with van der Waals surface area (Å²) >= 11 is 0. The number of nitrogens with zero attached hydrogens (tertiary/aromatic N) is 4. The van der Waals surface area contributed by atoms with E-state index in [-0.39, 0.29) is 11.9 Å². The highest BCUT2D eigenvalue weighted by Crippen LogP contribution is 2.48. The molecule has 1 fully saturated rings. The number of amides is 1. The molecule has 166 valence electrons. The normalized spacial score (nSPS) is 24.6. The van der Waals surface area contributed by atoms with Gasteiger partial charge >= 0.3 is 0 Å². The maximum absolute atomic E-state index is 14.2. The van der Waals surface area contributed by atoms with E-state index in [9.17, 15) is 4.79 Å². The van der Waals surface area contributed by atoms with E-state index < -0.39 is 5.41 Å². The fourth-order valence-electron chi connectivity index (χ4n) is 5.85. The highest BCUT2D eigenvalue weighted by Gasteiger charge is 2.59. The van der Waals surface area contributed by atoms with Gasteiger partial charge in [-0.3, -0.25) is 9.69 Å². The largest absolute Gasteiger partial charge is 0.364 e. The molecule has 6 rings (SSSR count). The molecule has 3 aliphatic rings. The lowest BCUT2D eigenvalue weighted by Gasteiger charge is -2.53. The van der Waals surface area contributed by atoms with Gasteiger partial charge < -0.3 is 4.90 Å². The average Bonchev–Trinajstić information content (AvgIpc) is 3.11. The summed E-state index contributed by atoms with van der Waals surface area (Å²) < 4.78 is 0. The number of benzene rings is 3. The van der Waals surface area contributed by atoms with Gasteiger partial charge in [-0.1, -0.05) is 66.7 Å². The highest BCUT2D eigenvalue weighted by atomic mass is 16.2. The lowest BCUT2D eigenvalue weighted by Crippen LogP contribution is -2.66. The molecule has 5 heteroatoms. The van der Waals surface area contributed by atoms with Gasteiger partial charge in [0, 0.05) is 31.9 Å². The van der Waals surface area contributed by atoms with E-state index in [4.69, 9.17) is 5.10 Å². The molecule has 3 heterocycles. The summed E-state index contributed by atoms with van der Waals surface area (Å²) in [5.74, 6) is 0.0947. The second kappa shape index (κ2) is 7.85. The molecule has 0 N–H and O–H groups in total. The lowest BCUT2D eigenvalue weighted by atomic mass is 9.67. The van der Waals surface area contributed by atoms with Gasteiger partial charge in [0.05, 0.1) is 17.4 Å². The predicted octanol–water partition coefficient (Wildman–Crippen LogP) is 4.34. The Bertz CT molecular complexity index is 1210. The summed E-state index contributed by atoms with van der Waals surface area (Å²) in [6, 6.07) is 29.1. The van der Waals surface area contributed by atoms with E-state index in [1.807, 2.05) is 37.3 Å². The van der Waals surface area contributed by atoms with Gasteiger partial charge in [-0.25, -0.2) is 0 Å². The van der Waals surface area contributed by atoms with E-state index in [0.29, 0.717) is 6.42 Å². The van der Waals surface area contributed by atoms with Gasteiger partial charge in [0.25, 0.3) is 5.91 Å².